The molecule has 0 aliphatic heterocycles. The maximum Gasteiger partial charge on any atom is 0.504 e. The molecule has 17 heavy (non-hydrogen) atoms. The second-order valence-corrected chi connectivity index (χ2v) is 3.17. The minimum atomic E-state index is -4.57. The molecule has 0 bridgehead atoms. The summed E-state index contributed by atoms with van der Waals surface area (Å²) in [4.78, 5) is 7.30. The Balaban J connectivity index is 2.44. The van der Waals surface area contributed by atoms with Crippen LogP contribution in [0.25, 0.3) is 11.1 Å². The van der Waals surface area contributed by atoms with Crippen LogP contribution in [0.5, 0.6) is 0 Å². The minimum Gasteiger partial charge on any atom is -0.383 e. The van der Waals surface area contributed by atoms with Gasteiger partial charge in [-0.15, -0.1) is 13.2 Å². The summed E-state index contributed by atoms with van der Waals surface area (Å²) in [5.41, 5.74) is 11.2. The Labute approximate surface area is 93.1 Å². The van der Waals surface area contributed by atoms with Crippen molar-refractivity contribution in [3.05, 3.63) is 18.6 Å². The van der Waals surface area contributed by atoms with Crippen LogP contribution in [0.15, 0.2) is 18.6 Å². The molecule has 0 saturated carbocycles. The van der Waals surface area contributed by atoms with Crippen LogP contribution in [0.4, 0.5) is 24.9 Å². The number of aromatic nitrogens is 4. The van der Waals surface area contributed by atoms with Crippen molar-refractivity contribution < 1.29 is 13.2 Å². The van der Waals surface area contributed by atoms with Crippen molar-refractivity contribution in [2.75, 3.05) is 11.5 Å². The number of nitrogens with two attached hydrogens (primary N) is 2. The van der Waals surface area contributed by atoms with Gasteiger partial charge in [0.25, 0.3) is 0 Å². The molecule has 0 fully saturated rings. The molecule has 9 heteroatoms. The zero-order chi connectivity index (χ0) is 12.6. The van der Waals surface area contributed by atoms with E-state index in [4.69, 9.17) is 11.5 Å². The first-order valence-electron chi connectivity index (χ1n) is 4.38. The number of nitrogen functional groups attached to an aromatic ring is 2. The molecule has 0 aliphatic carbocycles. The highest BCUT2D eigenvalue weighted by Gasteiger charge is 2.31. The Morgan fingerprint density at radius 1 is 1.18 bits per heavy atom. The van der Waals surface area contributed by atoms with E-state index in [1.165, 1.54) is 6.20 Å². The Kier molecular flexibility index (Phi) is 2.37. The zero-order valence-corrected chi connectivity index (χ0v) is 8.31. The van der Waals surface area contributed by atoms with Crippen molar-refractivity contribution in [3.63, 3.8) is 0 Å². The number of nitrogens with zero attached hydrogens (tertiary/aromatic N) is 4. The van der Waals surface area contributed by atoms with Crippen molar-refractivity contribution in [2.24, 2.45) is 0 Å². The van der Waals surface area contributed by atoms with E-state index in [1.54, 1.807) is 0 Å². The van der Waals surface area contributed by atoms with E-state index >= 15 is 0 Å². The molecule has 2 aromatic heterocycles. The number of alkyl halides is 3. The molecule has 2 rings (SSSR count). The first kappa shape index (κ1) is 11.2. The number of hydrogen-bond donors (Lipinski definition) is 2. The molecular weight excluding hydrogens is 237 g/mol. The lowest BCUT2D eigenvalue weighted by Crippen LogP contribution is -2.16. The average Bonchev–Trinajstić information content (AvgIpc) is 2.65. The molecule has 4 N–H and O–H groups in total. The normalized spacial score (nSPS) is 11.7. The molecule has 6 nitrogen and oxygen atoms in total. The van der Waals surface area contributed by atoms with Crippen LogP contribution in [-0.2, 0) is 6.30 Å². The Morgan fingerprint density at radius 3 is 2.41 bits per heavy atom. The summed E-state index contributed by atoms with van der Waals surface area (Å²) in [7, 11) is 0. The molecule has 0 aromatic carbocycles. The van der Waals surface area contributed by atoms with Gasteiger partial charge < -0.3 is 11.5 Å². The van der Waals surface area contributed by atoms with Gasteiger partial charge in [0.1, 0.15) is 5.82 Å². The fourth-order valence-electron chi connectivity index (χ4n) is 1.23. The van der Waals surface area contributed by atoms with Gasteiger partial charge >= 0.3 is 6.30 Å². The Hall–Kier alpha value is -2.32. The lowest BCUT2D eigenvalue weighted by Gasteiger charge is -2.04. The van der Waals surface area contributed by atoms with Crippen LogP contribution >= 0.6 is 0 Å². The van der Waals surface area contributed by atoms with Gasteiger partial charge in [0, 0.05) is 23.5 Å². The second kappa shape index (κ2) is 3.61. The van der Waals surface area contributed by atoms with Crippen LogP contribution in [0.2, 0.25) is 0 Å². The van der Waals surface area contributed by atoms with Gasteiger partial charge in [-0.2, -0.15) is 14.8 Å². The van der Waals surface area contributed by atoms with Crippen molar-refractivity contribution in [1.29, 1.82) is 0 Å². The van der Waals surface area contributed by atoms with Gasteiger partial charge in [-0.1, -0.05) is 0 Å². The molecule has 90 valence electrons. The maximum absolute atomic E-state index is 12.3. The number of rotatable bonds is 1. The summed E-state index contributed by atoms with van der Waals surface area (Å²) in [6.07, 6.45) is -1.50. The fraction of sp³-hybridized carbons (Fsp3) is 0.125. The van der Waals surface area contributed by atoms with Crippen LogP contribution in [0.3, 0.4) is 0 Å². The lowest BCUT2D eigenvalue weighted by atomic mass is 10.2. The van der Waals surface area contributed by atoms with E-state index in [0.717, 1.165) is 12.4 Å². The highest BCUT2D eigenvalue weighted by Crippen LogP contribution is 2.27. The molecule has 0 aliphatic rings. The largest absolute Gasteiger partial charge is 0.504 e. The van der Waals surface area contributed by atoms with Crippen LogP contribution in [-0.4, -0.2) is 19.7 Å². The summed E-state index contributed by atoms with van der Waals surface area (Å²) in [6, 6.07) is 0. The zero-order valence-electron chi connectivity index (χ0n) is 8.31. The molecule has 2 heterocycles. The summed E-state index contributed by atoms with van der Waals surface area (Å²) >= 11 is 0. The van der Waals surface area contributed by atoms with E-state index in [9.17, 15) is 13.2 Å². The van der Waals surface area contributed by atoms with Gasteiger partial charge in [0.15, 0.2) is 0 Å². The first-order chi connectivity index (χ1) is 7.88. The van der Waals surface area contributed by atoms with Crippen molar-refractivity contribution >= 4 is 11.8 Å². The van der Waals surface area contributed by atoms with Crippen LogP contribution in [0.1, 0.15) is 0 Å². The number of hydrogen-bond acceptors (Lipinski definition) is 5. The SMILES string of the molecule is Nc1ncc(-c2cnn(C(F)(F)F)c2)c(N)n1. The molecular formula is C8H7F3N6. The van der Waals surface area contributed by atoms with E-state index in [-0.39, 0.29) is 27.6 Å². The average molecular weight is 244 g/mol. The minimum absolute atomic E-state index is 0.000718. The lowest BCUT2D eigenvalue weighted by molar-refractivity contribution is -0.212. The highest BCUT2D eigenvalue weighted by molar-refractivity contribution is 5.72. The third-order valence-corrected chi connectivity index (χ3v) is 1.99. The van der Waals surface area contributed by atoms with E-state index in [0.29, 0.717) is 0 Å². The number of anilines is 2. The number of halogens is 3. The smallest absolute Gasteiger partial charge is 0.383 e. The Morgan fingerprint density at radius 2 is 1.88 bits per heavy atom. The summed E-state index contributed by atoms with van der Waals surface area (Å²) < 4.78 is 36.8. The molecule has 0 radical (unpaired) electrons. The molecule has 0 saturated heterocycles. The molecule has 0 spiro atoms. The molecule has 0 atom stereocenters. The quantitative estimate of drug-likeness (QED) is 0.779. The van der Waals surface area contributed by atoms with Crippen molar-refractivity contribution in [3.8, 4) is 11.1 Å². The topological polar surface area (TPSA) is 95.6 Å². The fourth-order valence-corrected chi connectivity index (χ4v) is 1.23. The summed E-state index contributed by atoms with van der Waals surface area (Å²) in [5, 5.41) is 3.18. The van der Waals surface area contributed by atoms with E-state index in [2.05, 4.69) is 15.1 Å². The first-order valence-corrected chi connectivity index (χ1v) is 4.38. The van der Waals surface area contributed by atoms with Gasteiger partial charge in [0.2, 0.25) is 5.95 Å². The monoisotopic (exact) mass is 244 g/mol. The van der Waals surface area contributed by atoms with Crippen LogP contribution in [0, 0.1) is 0 Å². The van der Waals surface area contributed by atoms with E-state index in [1.807, 2.05) is 0 Å². The van der Waals surface area contributed by atoms with Crippen LogP contribution < -0.4 is 11.5 Å². The van der Waals surface area contributed by atoms with Gasteiger partial charge in [-0.3, -0.25) is 0 Å². The third kappa shape index (κ3) is 2.12. The molecule has 2 aromatic rings. The Bertz CT molecular complexity index is 546. The van der Waals surface area contributed by atoms with Gasteiger partial charge in [-0.05, 0) is 0 Å². The molecule has 0 unspecified atom stereocenters. The van der Waals surface area contributed by atoms with E-state index < -0.39 is 6.30 Å². The highest BCUT2D eigenvalue weighted by atomic mass is 19.4. The third-order valence-electron chi connectivity index (χ3n) is 1.99. The second-order valence-electron chi connectivity index (χ2n) is 3.17. The predicted molar refractivity (Wildman–Crippen MR) is 53.4 cm³/mol. The predicted octanol–water partition coefficient (Wildman–Crippen LogP) is 0.981. The van der Waals surface area contributed by atoms with Crippen molar-refractivity contribution in [2.45, 2.75) is 6.30 Å². The molecule has 0 amide bonds. The standard InChI is InChI=1S/C8H7F3N6/c9-8(10,11)17-3-4(1-15-17)5-2-14-7(13)16-6(5)12/h1-3H,(H4,12,13,14,16). The van der Waals surface area contributed by atoms with Crippen molar-refractivity contribution in [1.82, 2.24) is 19.7 Å². The maximum atomic E-state index is 12.3. The van der Waals surface area contributed by atoms with Gasteiger partial charge in [0.05, 0.1) is 6.20 Å². The summed E-state index contributed by atoms with van der Waals surface area (Å²) in [6.45, 7) is 0. The summed E-state index contributed by atoms with van der Waals surface area (Å²) in [5.74, 6) is -0.0475. The van der Waals surface area contributed by atoms with Gasteiger partial charge in [-0.25, -0.2) is 4.98 Å².